The van der Waals surface area contributed by atoms with Crippen LogP contribution in [0.5, 0.6) is 0 Å². The third kappa shape index (κ3) is 4.14. The minimum Gasteiger partial charge on any atom is -0.383 e. The third-order valence-corrected chi connectivity index (χ3v) is 4.32. The standard InChI is InChI=1S/C10H16IN3S/c1-6-8(11)9(12)14-7(13-6)5-15-10(2,3)4/h5H2,1-4H3,(H2,12,13,14). The van der Waals surface area contributed by atoms with E-state index in [1.54, 1.807) is 0 Å². The first-order valence-corrected chi connectivity index (χ1v) is 6.78. The highest BCUT2D eigenvalue weighted by atomic mass is 127. The predicted octanol–water partition coefficient (Wildman–Crippen LogP) is 3.00. The average Bonchev–Trinajstić information content (AvgIpc) is 2.09. The second-order valence-corrected chi connectivity index (χ2v) is 7.21. The van der Waals surface area contributed by atoms with Crippen LogP contribution in [0.4, 0.5) is 5.82 Å². The normalized spacial score (nSPS) is 11.8. The Morgan fingerprint density at radius 3 is 2.40 bits per heavy atom. The number of nitrogen functional groups attached to an aromatic ring is 1. The van der Waals surface area contributed by atoms with Crippen molar-refractivity contribution in [3.05, 3.63) is 15.1 Å². The molecule has 1 aromatic heterocycles. The molecule has 0 aliphatic heterocycles. The number of hydrogen-bond donors (Lipinski definition) is 1. The van der Waals surface area contributed by atoms with Gasteiger partial charge in [0.1, 0.15) is 11.6 Å². The number of rotatable bonds is 2. The second kappa shape index (κ2) is 4.86. The molecule has 0 aliphatic rings. The maximum Gasteiger partial charge on any atom is 0.140 e. The Morgan fingerprint density at radius 1 is 1.33 bits per heavy atom. The van der Waals surface area contributed by atoms with Gasteiger partial charge in [-0.2, -0.15) is 0 Å². The van der Waals surface area contributed by atoms with Gasteiger partial charge in [-0.15, -0.1) is 11.8 Å². The minimum atomic E-state index is 0.231. The van der Waals surface area contributed by atoms with E-state index in [0.717, 1.165) is 20.8 Å². The van der Waals surface area contributed by atoms with Crippen molar-refractivity contribution in [2.45, 2.75) is 38.2 Å². The van der Waals surface area contributed by atoms with Gasteiger partial charge in [0.25, 0.3) is 0 Å². The van der Waals surface area contributed by atoms with Crippen LogP contribution in [0.2, 0.25) is 0 Å². The fraction of sp³-hybridized carbons (Fsp3) is 0.600. The molecule has 0 saturated carbocycles. The molecule has 1 rings (SSSR count). The zero-order valence-corrected chi connectivity index (χ0v) is 12.4. The van der Waals surface area contributed by atoms with Crippen LogP contribution in [-0.4, -0.2) is 14.7 Å². The summed E-state index contributed by atoms with van der Waals surface area (Å²) < 4.78 is 1.19. The first-order chi connectivity index (χ1) is 6.79. The molecule has 0 bridgehead atoms. The average molecular weight is 337 g/mol. The molecule has 0 unspecified atom stereocenters. The number of hydrogen-bond acceptors (Lipinski definition) is 4. The maximum atomic E-state index is 5.79. The van der Waals surface area contributed by atoms with Crippen LogP contribution < -0.4 is 5.73 Å². The van der Waals surface area contributed by atoms with Crippen molar-refractivity contribution >= 4 is 40.2 Å². The maximum absolute atomic E-state index is 5.79. The highest BCUT2D eigenvalue weighted by molar-refractivity contribution is 14.1. The van der Waals surface area contributed by atoms with Crippen LogP contribution in [0.1, 0.15) is 32.3 Å². The summed E-state index contributed by atoms with van der Waals surface area (Å²) in [4.78, 5) is 8.69. The topological polar surface area (TPSA) is 51.8 Å². The van der Waals surface area contributed by atoms with E-state index in [2.05, 4.69) is 53.3 Å². The molecule has 0 saturated heterocycles. The first kappa shape index (κ1) is 13.0. The lowest BCUT2D eigenvalue weighted by molar-refractivity contribution is 0.799. The van der Waals surface area contributed by atoms with Gasteiger partial charge in [0.15, 0.2) is 0 Å². The Labute approximate surface area is 109 Å². The predicted molar refractivity (Wildman–Crippen MR) is 74.9 cm³/mol. The van der Waals surface area contributed by atoms with Crippen LogP contribution in [0, 0.1) is 10.5 Å². The number of thioether (sulfide) groups is 1. The first-order valence-electron chi connectivity index (χ1n) is 4.72. The molecule has 1 heterocycles. The number of anilines is 1. The lowest BCUT2D eigenvalue weighted by Gasteiger charge is -2.17. The Balaban J connectivity index is 2.80. The van der Waals surface area contributed by atoms with E-state index in [0.29, 0.717) is 5.82 Å². The Morgan fingerprint density at radius 2 is 1.93 bits per heavy atom. The van der Waals surface area contributed by atoms with Crippen molar-refractivity contribution in [3.63, 3.8) is 0 Å². The SMILES string of the molecule is Cc1nc(CSC(C)(C)C)nc(N)c1I. The van der Waals surface area contributed by atoms with E-state index in [-0.39, 0.29) is 4.75 Å². The molecule has 0 amide bonds. The minimum absolute atomic E-state index is 0.231. The molecule has 0 fully saturated rings. The van der Waals surface area contributed by atoms with Gasteiger partial charge in [-0.3, -0.25) is 0 Å². The number of nitrogens with two attached hydrogens (primary N) is 1. The number of nitrogens with zero attached hydrogens (tertiary/aromatic N) is 2. The van der Waals surface area contributed by atoms with Gasteiger partial charge in [-0.25, -0.2) is 9.97 Å². The zero-order chi connectivity index (χ0) is 11.6. The molecule has 0 atom stereocenters. The molecule has 84 valence electrons. The number of halogens is 1. The molecule has 0 spiro atoms. The fourth-order valence-electron chi connectivity index (χ4n) is 0.987. The van der Waals surface area contributed by atoms with E-state index in [9.17, 15) is 0 Å². The molecule has 1 aromatic rings. The molecule has 15 heavy (non-hydrogen) atoms. The molecular formula is C10H16IN3S. The van der Waals surface area contributed by atoms with E-state index in [4.69, 9.17) is 5.73 Å². The van der Waals surface area contributed by atoms with E-state index in [1.807, 2.05) is 18.7 Å². The van der Waals surface area contributed by atoms with E-state index < -0.39 is 0 Å². The summed E-state index contributed by atoms with van der Waals surface area (Å²) >= 11 is 4.00. The lowest BCUT2D eigenvalue weighted by Crippen LogP contribution is -2.10. The Kier molecular flexibility index (Phi) is 4.22. The lowest BCUT2D eigenvalue weighted by atomic mass is 10.3. The summed E-state index contributed by atoms with van der Waals surface area (Å²) in [5.74, 6) is 2.23. The number of aryl methyl sites for hydroxylation is 1. The summed E-state index contributed by atoms with van der Waals surface area (Å²) in [6.07, 6.45) is 0. The van der Waals surface area contributed by atoms with E-state index in [1.165, 1.54) is 0 Å². The molecule has 0 aliphatic carbocycles. The van der Waals surface area contributed by atoms with Crippen molar-refractivity contribution in [3.8, 4) is 0 Å². The Hall–Kier alpha value is -0.0400. The monoisotopic (exact) mass is 337 g/mol. The fourth-order valence-corrected chi connectivity index (χ4v) is 1.92. The van der Waals surface area contributed by atoms with Crippen molar-refractivity contribution in [2.75, 3.05) is 5.73 Å². The quantitative estimate of drug-likeness (QED) is 0.843. The summed E-state index contributed by atoms with van der Waals surface area (Å²) in [7, 11) is 0. The van der Waals surface area contributed by atoms with Gasteiger partial charge in [0.05, 0.1) is 15.0 Å². The zero-order valence-electron chi connectivity index (χ0n) is 9.47. The summed E-state index contributed by atoms with van der Waals surface area (Å²) in [5.41, 5.74) is 6.76. The largest absolute Gasteiger partial charge is 0.383 e. The highest BCUT2D eigenvalue weighted by Crippen LogP contribution is 2.26. The van der Waals surface area contributed by atoms with Crippen LogP contribution >= 0.6 is 34.4 Å². The van der Waals surface area contributed by atoms with Gasteiger partial charge < -0.3 is 5.73 Å². The molecular weight excluding hydrogens is 321 g/mol. The highest BCUT2D eigenvalue weighted by Gasteiger charge is 2.13. The van der Waals surface area contributed by atoms with E-state index >= 15 is 0 Å². The van der Waals surface area contributed by atoms with Crippen LogP contribution in [0.15, 0.2) is 0 Å². The van der Waals surface area contributed by atoms with Crippen LogP contribution in [-0.2, 0) is 5.75 Å². The second-order valence-electron chi connectivity index (χ2n) is 4.33. The van der Waals surface area contributed by atoms with Crippen molar-refractivity contribution in [2.24, 2.45) is 0 Å². The smallest absolute Gasteiger partial charge is 0.140 e. The summed E-state index contributed by atoms with van der Waals surface area (Å²) in [6.45, 7) is 8.51. The van der Waals surface area contributed by atoms with Crippen molar-refractivity contribution < 1.29 is 0 Å². The van der Waals surface area contributed by atoms with Gasteiger partial charge in [0, 0.05) is 4.75 Å². The molecule has 5 heteroatoms. The molecule has 2 N–H and O–H groups in total. The van der Waals surface area contributed by atoms with Crippen molar-refractivity contribution in [1.82, 2.24) is 9.97 Å². The number of aromatic nitrogens is 2. The molecule has 0 radical (unpaired) electrons. The van der Waals surface area contributed by atoms with Gasteiger partial charge in [-0.1, -0.05) is 20.8 Å². The van der Waals surface area contributed by atoms with Crippen LogP contribution in [0.25, 0.3) is 0 Å². The summed E-state index contributed by atoms with van der Waals surface area (Å²) in [6, 6.07) is 0. The molecule has 0 aromatic carbocycles. The van der Waals surface area contributed by atoms with Gasteiger partial charge >= 0.3 is 0 Å². The van der Waals surface area contributed by atoms with Crippen molar-refractivity contribution in [1.29, 1.82) is 0 Å². The summed E-state index contributed by atoms with van der Waals surface area (Å²) in [5, 5.41) is 0. The van der Waals surface area contributed by atoms with Gasteiger partial charge in [-0.05, 0) is 29.5 Å². The molecule has 3 nitrogen and oxygen atoms in total. The third-order valence-electron chi connectivity index (χ3n) is 1.72. The Bertz CT molecular complexity index is 337. The van der Waals surface area contributed by atoms with Crippen LogP contribution in [0.3, 0.4) is 0 Å². The van der Waals surface area contributed by atoms with Gasteiger partial charge in [0.2, 0.25) is 0 Å².